The Balaban J connectivity index is 1.03. The number of phenolic OH excluding ortho intramolecular Hbond substituents is 3. The van der Waals surface area contributed by atoms with Crippen LogP contribution in [0.1, 0.15) is 117 Å². The number of halogens is 1. The molecule has 10 atom stereocenters. The number of benzene rings is 2. The molecule has 0 spiro atoms. The molecule has 1 saturated carbocycles. The fourth-order valence-corrected chi connectivity index (χ4v) is 12.3. The Bertz CT molecular complexity index is 3440. The average molecular weight is 1140 g/mol. The summed E-state index contributed by atoms with van der Waals surface area (Å²) >= 11 is 0. The van der Waals surface area contributed by atoms with Gasteiger partial charge in [0.15, 0.2) is 11.6 Å². The fraction of sp³-hybridized carbons (Fsp3) is 0.500. The summed E-state index contributed by atoms with van der Waals surface area (Å²) in [6.45, 7) is 17.0. The summed E-state index contributed by atoms with van der Waals surface area (Å²) in [5.74, 6) is -10.9. The lowest BCUT2D eigenvalue weighted by molar-refractivity contribution is -0.160. The molecular formula is C60H73FN6O15. The number of anilines is 2. The highest BCUT2D eigenvalue weighted by molar-refractivity contribution is 6.24. The number of carboxylic acids is 1. The van der Waals surface area contributed by atoms with Gasteiger partial charge < -0.3 is 59.8 Å². The van der Waals surface area contributed by atoms with Crippen molar-refractivity contribution in [2.75, 3.05) is 56.6 Å². The molecule has 1 aliphatic carbocycles. The van der Waals surface area contributed by atoms with Gasteiger partial charge in [0.05, 0.1) is 70.4 Å². The molecule has 2 aromatic heterocycles. The smallest absolute Gasteiger partial charge is 0.341 e. The lowest BCUT2D eigenvalue weighted by atomic mass is 9.78. The number of piperazine rings is 1. The van der Waals surface area contributed by atoms with Crippen molar-refractivity contribution in [1.29, 1.82) is 0 Å². The van der Waals surface area contributed by atoms with E-state index < -0.39 is 112 Å². The number of nitrogens with zero attached hydrogens (tertiary/aromatic N) is 5. The van der Waals surface area contributed by atoms with Crippen molar-refractivity contribution in [3.05, 3.63) is 98.0 Å². The number of pyridine rings is 2. The number of carbonyl (C=O) groups excluding carboxylic acids is 3. The van der Waals surface area contributed by atoms with Gasteiger partial charge in [-0.2, -0.15) is 5.10 Å². The lowest BCUT2D eigenvalue weighted by Crippen LogP contribution is -2.49. The van der Waals surface area contributed by atoms with Crippen molar-refractivity contribution in [2.24, 2.45) is 28.8 Å². The molecule has 6 aliphatic rings. The van der Waals surface area contributed by atoms with Gasteiger partial charge in [0.1, 0.15) is 28.9 Å². The van der Waals surface area contributed by atoms with E-state index in [4.69, 9.17) is 24.0 Å². The van der Waals surface area contributed by atoms with Crippen LogP contribution in [0.15, 0.2) is 58.3 Å². The molecule has 7 heterocycles. The van der Waals surface area contributed by atoms with Crippen molar-refractivity contribution in [2.45, 2.75) is 124 Å². The van der Waals surface area contributed by atoms with Crippen LogP contribution in [-0.2, 0) is 23.8 Å². The van der Waals surface area contributed by atoms with Crippen LogP contribution in [-0.4, -0.2) is 157 Å². The van der Waals surface area contributed by atoms with Gasteiger partial charge in [0.25, 0.3) is 17.2 Å². The largest absolute Gasteiger partial charge is 0.507 e. The number of aromatic carboxylic acids is 1. The van der Waals surface area contributed by atoms with Crippen LogP contribution in [0.25, 0.3) is 16.3 Å². The number of aromatic hydroxyl groups is 3. The second-order valence-electron chi connectivity index (χ2n) is 22.8. The number of amides is 1. The fourth-order valence-electron chi connectivity index (χ4n) is 12.3. The molecule has 7 N–H and O–H groups in total. The first-order chi connectivity index (χ1) is 38.8. The van der Waals surface area contributed by atoms with Gasteiger partial charge in [-0.25, -0.2) is 9.18 Å². The second kappa shape index (κ2) is 23.0. The minimum Gasteiger partial charge on any atom is -0.507 e. The number of allylic oxidation sites excluding steroid dienone is 2. The third-order valence-electron chi connectivity index (χ3n) is 17.4. The van der Waals surface area contributed by atoms with E-state index in [0.717, 1.165) is 29.0 Å². The van der Waals surface area contributed by atoms with Crippen molar-refractivity contribution < 1.29 is 73.2 Å². The van der Waals surface area contributed by atoms with Crippen LogP contribution in [0.5, 0.6) is 23.0 Å². The van der Waals surface area contributed by atoms with E-state index in [1.165, 1.54) is 65.5 Å². The SMILES string of the molecule is CO[C@H]1/C=C/O[C@@]2(C)Oc3c(C)c(O)c4c(O)c(c(/C=N\N5CCN(C6CCN(c7c(F)cn8c(=O)c(C(=O)O)cc(C9CC9)c8c7C)C6)CC5)c(O)c4c3C2=O)NC(=O)/C(C)=C\C=C\[C@H](C)[C@H](O)[C@@H](C)[C@@H](O)[C@@H](C)[C@H](OC(C)=O)[C@@H]1C. The van der Waals surface area contributed by atoms with E-state index in [2.05, 4.69) is 10.2 Å². The number of ether oxygens (including phenoxy) is 4. The van der Waals surface area contributed by atoms with Crippen LogP contribution in [0.2, 0.25) is 0 Å². The molecule has 5 bridgehead atoms. The molecule has 82 heavy (non-hydrogen) atoms. The van der Waals surface area contributed by atoms with Gasteiger partial charge in [0, 0.05) is 106 Å². The molecule has 440 valence electrons. The maximum Gasteiger partial charge on any atom is 0.341 e. The van der Waals surface area contributed by atoms with E-state index in [0.29, 0.717) is 62.5 Å². The van der Waals surface area contributed by atoms with Crippen molar-refractivity contribution >= 4 is 57.5 Å². The molecule has 2 aromatic carbocycles. The molecule has 5 aliphatic heterocycles. The summed E-state index contributed by atoms with van der Waals surface area (Å²) in [6.07, 6.45) is 8.04. The summed E-state index contributed by atoms with van der Waals surface area (Å²) in [6, 6.07) is 1.46. The van der Waals surface area contributed by atoms with E-state index in [1.54, 1.807) is 51.8 Å². The number of hydrogen-bond acceptors (Lipinski definition) is 18. The number of aliphatic hydroxyl groups excluding tert-OH is 2. The van der Waals surface area contributed by atoms with E-state index in [-0.39, 0.29) is 56.4 Å². The Morgan fingerprint density at radius 1 is 0.890 bits per heavy atom. The predicted molar refractivity (Wildman–Crippen MR) is 302 cm³/mol. The number of phenols is 3. The highest BCUT2D eigenvalue weighted by Gasteiger charge is 2.50. The number of aromatic nitrogens is 1. The van der Waals surface area contributed by atoms with E-state index >= 15 is 4.39 Å². The number of rotatable bonds is 8. The third-order valence-corrected chi connectivity index (χ3v) is 17.4. The Kier molecular flexibility index (Phi) is 16.6. The second-order valence-corrected chi connectivity index (χ2v) is 22.8. The number of ketones is 1. The number of carboxylic acid groups (broad SMARTS) is 1. The standard InChI is InChI=1S/C60H73FN6O15/c1-28-12-11-13-29(2)57(75)63-46-40(25-62-66-21-19-64(20-22-66)37-16-18-65(26-37)48-31(4)47-38(36-14-15-36)24-39(59(77)78)58(76)67(47)27-41(48)61)52(72)43-44(53(46)73)51(71)34(7)55-45(43)56(74)60(9,82-55)80-23-17-42(79-10)30(3)54(81-35(8)68)33(6)50(70)32(5)49(28)69/h11-13,17,23-25,27-28,30,32-33,36-37,42,49-50,54,69-73H,14-16,18-22,26H2,1-10H3,(H,63,75)(H,77,78)/b12-11+,23-17+,29-13-,62-25-/t28-,30+,32+,33+,37?,42-,49-,50+,54+,60-/m0/s1. The predicted octanol–water partition coefficient (Wildman–Crippen LogP) is 6.62. The topological polar surface area (TPSA) is 282 Å². The summed E-state index contributed by atoms with van der Waals surface area (Å²) in [7, 11) is 1.42. The number of Topliss-reactive ketones (excluding diaryl/α,β-unsaturated/α-hetero) is 1. The Morgan fingerprint density at radius 2 is 1.59 bits per heavy atom. The summed E-state index contributed by atoms with van der Waals surface area (Å²) < 4.78 is 41.1. The van der Waals surface area contributed by atoms with Crippen molar-refractivity contribution in [3.63, 3.8) is 0 Å². The Morgan fingerprint density at radius 3 is 2.23 bits per heavy atom. The lowest BCUT2D eigenvalue weighted by Gasteiger charge is -2.38. The summed E-state index contributed by atoms with van der Waals surface area (Å²) in [5.41, 5.74) is 0.370. The normalized spacial score (nSPS) is 29.2. The maximum absolute atomic E-state index is 16.1. The Hall–Kier alpha value is -7.53. The molecule has 21 nitrogen and oxygen atoms in total. The van der Waals surface area contributed by atoms with Gasteiger partial charge in [-0.1, -0.05) is 45.9 Å². The van der Waals surface area contributed by atoms with Gasteiger partial charge in [-0.15, -0.1) is 0 Å². The van der Waals surface area contributed by atoms with Gasteiger partial charge >= 0.3 is 17.7 Å². The van der Waals surface area contributed by atoms with Crippen LogP contribution < -0.4 is 20.5 Å². The van der Waals surface area contributed by atoms with Crippen molar-refractivity contribution in [1.82, 2.24) is 14.3 Å². The molecule has 2 saturated heterocycles. The molecule has 1 amide bonds. The molecular weight excluding hydrogens is 1060 g/mol. The summed E-state index contributed by atoms with van der Waals surface area (Å²) in [4.78, 5) is 70.8. The Labute approximate surface area is 473 Å². The van der Waals surface area contributed by atoms with Crippen molar-refractivity contribution in [3.8, 4) is 23.0 Å². The number of hydrogen-bond donors (Lipinski definition) is 7. The number of fused-ring (bicyclic) bond motifs is 15. The van der Waals surface area contributed by atoms with Gasteiger partial charge in [-0.05, 0) is 69.2 Å². The molecule has 4 aromatic rings. The maximum atomic E-state index is 16.1. The molecule has 10 rings (SSSR count). The first kappa shape index (κ1) is 59.1. The molecule has 3 fully saturated rings. The minimum absolute atomic E-state index is 0.00870. The highest BCUT2D eigenvalue weighted by atomic mass is 19.1. The zero-order chi connectivity index (χ0) is 59.5. The first-order valence-electron chi connectivity index (χ1n) is 27.8. The number of nitrogens with one attached hydrogen (secondary N) is 1. The third kappa shape index (κ3) is 10.8. The monoisotopic (exact) mass is 1140 g/mol. The van der Waals surface area contributed by atoms with E-state index in [9.17, 15) is 54.6 Å². The summed E-state index contributed by atoms with van der Waals surface area (Å²) in [5, 5.41) is 77.9. The van der Waals surface area contributed by atoms with Gasteiger partial charge in [-0.3, -0.25) is 33.5 Å². The van der Waals surface area contributed by atoms with Crippen LogP contribution in [0.4, 0.5) is 15.8 Å². The number of esters is 1. The van der Waals surface area contributed by atoms with E-state index in [1.807, 2.05) is 4.90 Å². The first-order valence-corrected chi connectivity index (χ1v) is 27.8. The number of methoxy groups -OCH3 is 1. The molecule has 22 heteroatoms. The van der Waals surface area contributed by atoms with Crippen LogP contribution >= 0.6 is 0 Å². The number of aliphatic hydroxyl groups is 2. The number of carbonyl (C=O) groups is 4. The average Bonchev–Trinajstić information content (AvgIpc) is 2.57. The molecule has 0 radical (unpaired) electrons. The minimum atomic E-state index is -2.12. The highest BCUT2D eigenvalue weighted by Crippen LogP contribution is 2.55. The van der Waals surface area contributed by atoms with Gasteiger partial charge in [0.2, 0.25) is 0 Å². The number of hydrazone groups is 1. The zero-order valence-corrected chi connectivity index (χ0v) is 47.7. The van der Waals surface area contributed by atoms with Crippen LogP contribution in [0, 0.1) is 43.3 Å². The number of aryl methyl sites for hydroxylation is 1. The van der Waals surface area contributed by atoms with Crippen LogP contribution in [0.3, 0.4) is 0 Å². The zero-order valence-electron chi connectivity index (χ0n) is 47.7. The molecule has 1 unspecified atom stereocenters. The quantitative estimate of drug-likeness (QED) is 0.0422.